The third-order valence-corrected chi connectivity index (χ3v) is 6.66. The molecule has 2 aliphatic rings. The van der Waals surface area contributed by atoms with Crippen molar-refractivity contribution < 1.29 is 9.30 Å². The Morgan fingerprint density at radius 2 is 1.74 bits per heavy atom. The van der Waals surface area contributed by atoms with Crippen LogP contribution in [0.4, 0.5) is 0 Å². The molecule has 2 heterocycles. The Hall–Kier alpha value is -2.35. The molecule has 138 valence electrons. The zero-order valence-corrected chi connectivity index (χ0v) is 16.4. The highest BCUT2D eigenvalue weighted by Crippen LogP contribution is 2.47. The van der Waals surface area contributed by atoms with Gasteiger partial charge >= 0.3 is 0 Å². The van der Waals surface area contributed by atoms with Crippen molar-refractivity contribution >= 4 is 10.8 Å². The summed E-state index contributed by atoms with van der Waals surface area (Å²) in [4.78, 5) is 0. The van der Waals surface area contributed by atoms with E-state index in [1.54, 1.807) is 0 Å². The summed E-state index contributed by atoms with van der Waals surface area (Å²) in [6, 6.07) is 15.5. The van der Waals surface area contributed by atoms with E-state index in [-0.39, 0.29) is 5.60 Å². The number of aryl methyl sites for hydroxylation is 3. The molecule has 0 saturated heterocycles. The van der Waals surface area contributed by atoms with Crippen LogP contribution in [0.2, 0.25) is 0 Å². The second-order valence-corrected chi connectivity index (χ2v) is 8.45. The van der Waals surface area contributed by atoms with E-state index < -0.39 is 0 Å². The third-order valence-electron chi connectivity index (χ3n) is 6.66. The van der Waals surface area contributed by atoms with Crippen LogP contribution in [0.3, 0.4) is 0 Å². The molecule has 27 heavy (non-hydrogen) atoms. The van der Waals surface area contributed by atoms with Crippen LogP contribution in [0.5, 0.6) is 5.75 Å². The largest absolute Gasteiger partial charge is 0.486 e. The molecule has 0 N–H and O–H groups in total. The summed E-state index contributed by atoms with van der Waals surface area (Å²) in [5.41, 5.74) is 5.30. The zero-order valence-electron chi connectivity index (χ0n) is 16.4. The van der Waals surface area contributed by atoms with Crippen LogP contribution in [0, 0.1) is 6.92 Å². The molecular weight excluding hydrogens is 330 g/mol. The van der Waals surface area contributed by atoms with Gasteiger partial charge in [0.05, 0.1) is 10.9 Å². The second kappa shape index (κ2) is 6.37. The van der Waals surface area contributed by atoms with Gasteiger partial charge in [-0.05, 0) is 68.0 Å². The van der Waals surface area contributed by atoms with Crippen molar-refractivity contribution in [1.82, 2.24) is 0 Å². The Kier molecular flexibility index (Phi) is 3.96. The topological polar surface area (TPSA) is 13.1 Å². The Morgan fingerprint density at radius 3 is 2.59 bits per heavy atom. The number of hydrogen-bond acceptors (Lipinski definition) is 1. The maximum absolute atomic E-state index is 6.92. The van der Waals surface area contributed by atoms with E-state index in [0.29, 0.717) is 0 Å². The van der Waals surface area contributed by atoms with Gasteiger partial charge < -0.3 is 4.74 Å². The van der Waals surface area contributed by atoms with Gasteiger partial charge in [0, 0.05) is 6.07 Å². The first-order chi connectivity index (χ1) is 13.2. The highest BCUT2D eigenvalue weighted by Gasteiger charge is 2.39. The molecule has 1 fully saturated rings. The van der Waals surface area contributed by atoms with Crippen molar-refractivity contribution in [3.05, 3.63) is 59.8 Å². The minimum atomic E-state index is 0.0664. The second-order valence-electron chi connectivity index (χ2n) is 8.45. The molecule has 1 aliphatic carbocycles. The van der Waals surface area contributed by atoms with Gasteiger partial charge in [0.1, 0.15) is 18.4 Å². The number of benzene rings is 2. The average molecular weight is 359 g/mol. The molecule has 0 unspecified atom stereocenters. The minimum absolute atomic E-state index is 0.0664. The van der Waals surface area contributed by atoms with Gasteiger partial charge in [-0.15, -0.1) is 0 Å². The molecule has 5 rings (SSSR count). The lowest BCUT2D eigenvalue weighted by atomic mass is 9.78. The highest BCUT2D eigenvalue weighted by molar-refractivity contribution is 5.95. The van der Waals surface area contributed by atoms with Crippen molar-refractivity contribution in [3.8, 4) is 17.0 Å². The van der Waals surface area contributed by atoms with Gasteiger partial charge in [-0.25, -0.2) is 4.57 Å². The minimum Gasteiger partial charge on any atom is -0.486 e. The van der Waals surface area contributed by atoms with E-state index >= 15 is 0 Å². The van der Waals surface area contributed by atoms with Crippen LogP contribution in [0.1, 0.15) is 49.7 Å². The third kappa shape index (κ3) is 2.74. The maximum Gasteiger partial charge on any atom is 0.224 e. The molecular formula is C25H28NO+. The normalized spacial score (nSPS) is 18.3. The van der Waals surface area contributed by atoms with Crippen LogP contribution >= 0.6 is 0 Å². The van der Waals surface area contributed by atoms with Crippen LogP contribution in [-0.2, 0) is 13.5 Å². The smallest absolute Gasteiger partial charge is 0.224 e. The maximum atomic E-state index is 6.92. The summed E-state index contributed by atoms with van der Waals surface area (Å²) in [6.07, 6.45) is 10.9. The number of ether oxygens (including phenoxy) is 1. The SMILES string of the molecule is Cc1ccc2c(c1-c1c3ccccc3cc[n+]1C)OC1(CCCCC1)CC2. The first-order valence-corrected chi connectivity index (χ1v) is 10.4. The molecule has 1 spiro atoms. The molecule has 2 aromatic carbocycles. The fourth-order valence-corrected chi connectivity index (χ4v) is 5.14. The standard InChI is InChI=1S/C25H28NO/c1-18-10-11-20-12-16-25(14-6-3-7-15-25)27-24(20)22(18)23-21-9-5-4-8-19(21)13-17-26(23)2/h4-5,8-11,13,17H,3,6-7,12,14-16H2,1-2H3/q+1. The number of nitrogens with zero attached hydrogens (tertiary/aromatic N) is 1. The van der Waals surface area contributed by atoms with Crippen LogP contribution < -0.4 is 9.30 Å². The Morgan fingerprint density at radius 1 is 0.926 bits per heavy atom. The molecule has 0 atom stereocenters. The molecule has 0 amide bonds. The summed E-state index contributed by atoms with van der Waals surface area (Å²) in [5, 5.41) is 2.58. The summed E-state index contributed by atoms with van der Waals surface area (Å²) in [6.45, 7) is 2.23. The number of hydrogen-bond donors (Lipinski definition) is 0. The van der Waals surface area contributed by atoms with Crippen molar-refractivity contribution in [2.45, 2.75) is 57.5 Å². The molecule has 1 saturated carbocycles. The van der Waals surface area contributed by atoms with Crippen LogP contribution in [0.25, 0.3) is 22.0 Å². The quantitative estimate of drug-likeness (QED) is 0.511. The Bertz CT molecular complexity index is 1010. The van der Waals surface area contributed by atoms with E-state index in [9.17, 15) is 0 Å². The molecule has 0 bridgehead atoms. The van der Waals surface area contributed by atoms with Crippen molar-refractivity contribution in [3.63, 3.8) is 0 Å². The zero-order chi connectivity index (χ0) is 18.4. The van der Waals surface area contributed by atoms with Gasteiger partial charge in [-0.1, -0.05) is 36.8 Å². The molecule has 2 heteroatoms. The fourth-order valence-electron chi connectivity index (χ4n) is 5.14. The van der Waals surface area contributed by atoms with Crippen molar-refractivity contribution in [1.29, 1.82) is 0 Å². The molecule has 2 nitrogen and oxygen atoms in total. The first-order valence-electron chi connectivity index (χ1n) is 10.4. The Balaban J connectivity index is 1.74. The van der Waals surface area contributed by atoms with Gasteiger partial charge in [0.15, 0.2) is 6.20 Å². The molecule has 0 radical (unpaired) electrons. The van der Waals surface area contributed by atoms with Crippen molar-refractivity contribution in [2.24, 2.45) is 7.05 Å². The highest BCUT2D eigenvalue weighted by atomic mass is 16.5. The summed E-state index contributed by atoms with van der Waals surface area (Å²) < 4.78 is 9.18. The number of aromatic nitrogens is 1. The van der Waals surface area contributed by atoms with Gasteiger partial charge in [-0.2, -0.15) is 0 Å². The monoisotopic (exact) mass is 358 g/mol. The molecule has 3 aromatic rings. The van der Waals surface area contributed by atoms with Gasteiger partial charge in [0.25, 0.3) is 0 Å². The first kappa shape index (κ1) is 16.8. The summed E-state index contributed by atoms with van der Waals surface area (Å²) >= 11 is 0. The van der Waals surface area contributed by atoms with Crippen LogP contribution in [-0.4, -0.2) is 5.60 Å². The summed E-state index contributed by atoms with van der Waals surface area (Å²) in [5.74, 6) is 1.15. The van der Waals surface area contributed by atoms with E-state index in [4.69, 9.17) is 4.74 Å². The summed E-state index contributed by atoms with van der Waals surface area (Å²) in [7, 11) is 2.15. The molecule has 1 aliphatic heterocycles. The van der Waals surface area contributed by atoms with E-state index in [1.807, 2.05) is 0 Å². The average Bonchev–Trinajstić information content (AvgIpc) is 2.69. The number of rotatable bonds is 1. The predicted octanol–water partition coefficient (Wildman–Crippen LogP) is 5.67. The number of pyridine rings is 1. The van der Waals surface area contributed by atoms with E-state index in [2.05, 4.69) is 67.2 Å². The fraction of sp³-hybridized carbons (Fsp3) is 0.400. The van der Waals surface area contributed by atoms with Gasteiger partial charge in [-0.3, -0.25) is 0 Å². The Labute approximate surface area is 161 Å². The predicted molar refractivity (Wildman–Crippen MR) is 110 cm³/mol. The van der Waals surface area contributed by atoms with E-state index in [1.165, 1.54) is 71.7 Å². The lowest BCUT2D eigenvalue weighted by molar-refractivity contribution is -0.659. The van der Waals surface area contributed by atoms with Crippen molar-refractivity contribution in [2.75, 3.05) is 0 Å². The van der Waals surface area contributed by atoms with Gasteiger partial charge in [0.2, 0.25) is 5.69 Å². The van der Waals surface area contributed by atoms with Crippen LogP contribution in [0.15, 0.2) is 48.7 Å². The molecule has 1 aromatic heterocycles. The lowest BCUT2D eigenvalue weighted by Crippen LogP contribution is -2.42. The number of fused-ring (bicyclic) bond motifs is 2. The lowest BCUT2D eigenvalue weighted by Gasteiger charge is -2.42. The van der Waals surface area contributed by atoms with E-state index in [0.717, 1.165) is 12.2 Å².